The Labute approximate surface area is 139 Å². The van der Waals surface area contributed by atoms with E-state index in [1.807, 2.05) is 25.1 Å². The van der Waals surface area contributed by atoms with Crippen LogP contribution in [0, 0.1) is 0 Å². The molecule has 0 fully saturated rings. The van der Waals surface area contributed by atoms with Crippen molar-refractivity contribution in [2.24, 2.45) is 5.73 Å². The summed E-state index contributed by atoms with van der Waals surface area (Å²) in [5.74, 6) is -2.16. The molecule has 3 amide bonds. The minimum atomic E-state index is -0.808. The van der Waals surface area contributed by atoms with E-state index in [-0.39, 0.29) is 0 Å². The van der Waals surface area contributed by atoms with Gasteiger partial charge in [-0.3, -0.25) is 14.4 Å². The molecule has 0 bridgehead atoms. The number of rotatable bonds is 4. The number of carbonyl (C=O) groups is 3. The number of nitrogens with zero attached hydrogens (tertiary/aromatic N) is 1. The molecule has 0 saturated carbocycles. The van der Waals surface area contributed by atoms with Gasteiger partial charge in [0.15, 0.2) is 0 Å². The Bertz CT molecular complexity index is 770. The van der Waals surface area contributed by atoms with Gasteiger partial charge in [0, 0.05) is 36.7 Å². The first-order valence-electron chi connectivity index (χ1n) is 7.16. The lowest BCUT2D eigenvalue weighted by molar-refractivity contribution is -0.132. The van der Waals surface area contributed by atoms with E-state index in [0.717, 1.165) is 5.69 Å². The zero-order valence-electron chi connectivity index (χ0n) is 13.4. The Morgan fingerprint density at radius 1 is 0.875 bits per heavy atom. The number of carbonyl (C=O) groups excluding carboxylic acids is 3. The van der Waals surface area contributed by atoms with Crippen molar-refractivity contribution in [3.8, 4) is 0 Å². The number of anilines is 3. The summed E-state index contributed by atoms with van der Waals surface area (Å²) in [5.41, 5.74) is 7.26. The molecule has 0 aromatic heterocycles. The number of nitrogens with two attached hydrogens (primary N) is 1. The van der Waals surface area contributed by atoms with E-state index in [2.05, 4.69) is 10.6 Å². The van der Waals surface area contributed by atoms with Gasteiger partial charge in [0.1, 0.15) is 0 Å². The molecule has 7 heteroatoms. The van der Waals surface area contributed by atoms with Crippen LogP contribution in [0.25, 0.3) is 0 Å². The standard InChI is InChI=1S/C17H18N4O3/c1-21(2)14-5-3-4-13(10-14)20-17(24)16(23)19-12-8-6-11(7-9-12)15(18)22/h3-10H,1-2H3,(H2,18,22)(H,19,23)(H,20,24). The third kappa shape index (κ3) is 4.33. The molecule has 0 aliphatic rings. The van der Waals surface area contributed by atoms with E-state index < -0.39 is 17.7 Å². The molecule has 24 heavy (non-hydrogen) atoms. The van der Waals surface area contributed by atoms with Gasteiger partial charge < -0.3 is 21.3 Å². The van der Waals surface area contributed by atoms with Crippen molar-refractivity contribution in [2.45, 2.75) is 0 Å². The summed E-state index contributed by atoms with van der Waals surface area (Å²) < 4.78 is 0. The first-order chi connectivity index (χ1) is 11.4. The van der Waals surface area contributed by atoms with Crippen LogP contribution >= 0.6 is 0 Å². The van der Waals surface area contributed by atoms with Gasteiger partial charge in [-0.2, -0.15) is 0 Å². The van der Waals surface area contributed by atoms with E-state index in [4.69, 9.17) is 5.73 Å². The van der Waals surface area contributed by atoms with Gasteiger partial charge in [-0.1, -0.05) is 6.07 Å². The quantitative estimate of drug-likeness (QED) is 0.739. The molecular weight excluding hydrogens is 308 g/mol. The topological polar surface area (TPSA) is 105 Å². The molecule has 124 valence electrons. The molecule has 0 spiro atoms. The highest BCUT2D eigenvalue weighted by molar-refractivity contribution is 6.43. The van der Waals surface area contributed by atoms with Gasteiger partial charge in [0.25, 0.3) is 0 Å². The smallest absolute Gasteiger partial charge is 0.314 e. The SMILES string of the molecule is CN(C)c1cccc(NC(=O)C(=O)Nc2ccc(C(N)=O)cc2)c1. The Balaban J connectivity index is 2.00. The molecular formula is C17H18N4O3. The van der Waals surface area contributed by atoms with Crippen LogP contribution in [0.5, 0.6) is 0 Å². The number of hydrogen-bond donors (Lipinski definition) is 3. The number of hydrogen-bond acceptors (Lipinski definition) is 4. The van der Waals surface area contributed by atoms with Crippen molar-refractivity contribution in [1.82, 2.24) is 0 Å². The van der Waals surface area contributed by atoms with Gasteiger partial charge in [0.2, 0.25) is 5.91 Å². The van der Waals surface area contributed by atoms with Crippen LogP contribution in [-0.4, -0.2) is 31.8 Å². The summed E-state index contributed by atoms with van der Waals surface area (Å²) in [4.78, 5) is 36.8. The van der Waals surface area contributed by atoms with Crippen molar-refractivity contribution in [2.75, 3.05) is 29.6 Å². The molecule has 0 radical (unpaired) electrons. The first-order valence-corrected chi connectivity index (χ1v) is 7.16. The van der Waals surface area contributed by atoms with Gasteiger partial charge >= 0.3 is 11.8 Å². The monoisotopic (exact) mass is 326 g/mol. The Kier molecular flexibility index (Phi) is 5.16. The molecule has 2 rings (SSSR count). The fourth-order valence-electron chi connectivity index (χ4n) is 1.96. The van der Waals surface area contributed by atoms with Crippen LogP contribution < -0.4 is 21.3 Å². The second-order valence-corrected chi connectivity index (χ2v) is 5.29. The molecule has 0 heterocycles. The predicted molar refractivity (Wildman–Crippen MR) is 93.0 cm³/mol. The first kappa shape index (κ1) is 17.0. The van der Waals surface area contributed by atoms with Crippen LogP contribution in [-0.2, 0) is 9.59 Å². The lowest BCUT2D eigenvalue weighted by atomic mass is 10.2. The highest BCUT2D eigenvalue weighted by Crippen LogP contribution is 2.17. The Morgan fingerprint density at radius 2 is 1.46 bits per heavy atom. The maximum atomic E-state index is 12.0. The van der Waals surface area contributed by atoms with E-state index in [1.165, 1.54) is 24.3 Å². The summed E-state index contributed by atoms with van der Waals surface area (Å²) in [7, 11) is 3.76. The summed E-state index contributed by atoms with van der Waals surface area (Å²) >= 11 is 0. The minimum absolute atomic E-state index is 0.318. The summed E-state index contributed by atoms with van der Waals surface area (Å²) in [5, 5.41) is 4.99. The normalized spacial score (nSPS) is 9.92. The van der Waals surface area contributed by atoms with Gasteiger partial charge in [-0.05, 0) is 42.5 Å². The van der Waals surface area contributed by atoms with Crippen molar-refractivity contribution >= 4 is 34.8 Å². The lowest BCUT2D eigenvalue weighted by Gasteiger charge is -2.14. The number of primary amides is 1. The van der Waals surface area contributed by atoms with Crippen molar-refractivity contribution in [3.63, 3.8) is 0 Å². The third-order valence-corrected chi connectivity index (χ3v) is 3.25. The number of nitrogens with one attached hydrogen (secondary N) is 2. The van der Waals surface area contributed by atoms with Crippen LogP contribution in [0.15, 0.2) is 48.5 Å². The number of benzene rings is 2. The second kappa shape index (κ2) is 7.28. The summed E-state index contributed by atoms with van der Waals surface area (Å²) in [6, 6.07) is 13.1. The van der Waals surface area contributed by atoms with E-state index in [1.54, 1.807) is 18.2 Å². The van der Waals surface area contributed by atoms with E-state index in [9.17, 15) is 14.4 Å². The molecule has 0 aliphatic heterocycles. The molecule has 7 nitrogen and oxygen atoms in total. The Morgan fingerprint density at radius 3 is 2.00 bits per heavy atom. The van der Waals surface area contributed by atoms with Gasteiger partial charge in [-0.25, -0.2) is 0 Å². The molecule has 0 unspecified atom stereocenters. The van der Waals surface area contributed by atoms with Gasteiger partial charge in [-0.15, -0.1) is 0 Å². The highest BCUT2D eigenvalue weighted by atomic mass is 16.2. The zero-order valence-corrected chi connectivity index (χ0v) is 13.4. The average molecular weight is 326 g/mol. The molecule has 2 aromatic carbocycles. The highest BCUT2D eigenvalue weighted by Gasteiger charge is 2.14. The third-order valence-electron chi connectivity index (χ3n) is 3.25. The van der Waals surface area contributed by atoms with Crippen LogP contribution in [0.3, 0.4) is 0 Å². The molecule has 0 atom stereocenters. The number of amides is 3. The summed E-state index contributed by atoms with van der Waals surface area (Å²) in [6.07, 6.45) is 0. The minimum Gasteiger partial charge on any atom is -0.378 e. The molecule has 2 aromatic rings. The van der Waals surface area contributed by atoms with Crippen LogP contribution in [0.1, 0.15) is 10.4 Å². The molecule has 0 aliphatic carbocycles. The van der Waals surface area contributed by atoms with E-state index >= 15 is 0 Å². The summed E-state index contributed by atoms with van der Waals surface area (Å²) in [6.45, 7) is 0. The fourth-order valence-corrected chi connectivity index (χ4v) is 1.96. The second-order valence-electron chi connectivity index (χ2n) is 5.29. The van der Waals surface area contributed by atoms with E-state index in [0.29, 0.717) is 16.9 Å². The molecule has 4 N–H and O–H groups in total. The predicted octanol–water partition coefficient (Wildman–Crippen LogP) is 1.43. The van der Waals surface area contributed by atoms with Gasteiger partial charge in [0.05, 0.1) is 0 Å². The lowest BCUT2D eigenvalue weighted by Crippen LogP contribution is -2.29. The largest absolute Gasteiger partial charge is 0.378 e. The zero-order chi connectivity index (χ0) is 17.7. The van der Waals surface area contributed by atoms with Crippen LogP contribution in [0.4, 0.5) is 17.1 Å². The molecule has 0 saturated heterocycles. The average Bonchev–Trinajstić information content (AvgIpc) is 2.55. The van der Waals surface area contributed by atoms with Crippen LogP contribution in [0.2, 0.25) is 0 Å². The van der Waals surface area contributed by atoms with Crippen molar-refractivity contribution < 1.29 is 14.4 Å². The van der Waals surface area contributed by atoms with Crippen molar-refractivity contribution in [3.05, 3.63) is 54.1 Å². The Hall–Kier alpha value is -3.35. The fraction of sp³-hybridized carbons (Fsp3) is 0.118. The van der Waals surface area contributed by atoms with Crippen molar-refractivity contribution in [1.29, 1.82) is 0 Å². The maximum absolute atomic E-state index is 12.0. The maximum Gasteiger partial charge on any atom is 0.314 e.